The highest BCUT2D eigenvalue weighted by atomic mass is 16.7. The number of carbonyl (C=O) groups is 1. The zero-order valence-electron chi connectivity index (χ0n) is 23.9. The van der Waals surface area contributed by atoms with E-state index in [1.807, 2.05) is 60.7 Å². The van der Waals surface area contributed by atoms with Crippen LogP contribution in [-0.2, 0) is 27.4 Å². The van der Waals surface area contributed by atoms with E-state index >= 15 is 0 Å². The highest BCUT2D eigenvalue weighted by Crippen LogP contribution is 2.42. The Morgan fingerprint density at radius 2 is 1.71 bits per heavy atom. The van der Waals surface area contributed by atoms with Crippen molar-refractivity contribution in [3.63, 3.8) is 0 Å². The maximum atomic E-state index is 11.8. The van der Waals surface area contributed by atoms with Gasteiger partial charge in [0.15, 0.2) is 6.29 Å². The Morgan fingerprint density at radius 1 is 0.976 bits per heavy atom. The van der Waals surface area contributed by atoms with Gasteiger partial charge in [-0.15, -0.1) is 6.58 Å². The number of benzene rings is 3. The largest absolute Gasteiger partial charge is 0.445 e. The van der Waals surface area contributed by atoms with Crippen molar-refractivity contribution in [3.05, 3.63) is 120 Å². The number of hydrogen-bond donors (Lipinski definition) is 2. The van der Waals surface area contributed by atoms with Gasteiger partial charge in [-0.05, 0) is 40.9 Å². The Labute approximate surface area is 243 Å². The predicted octanol–water partition coefficient (Wildman–Crippen LogP) is 6.17. The summed E-state index contributed by atoms with van der Waals surface area (Å²) in [6, 6.07) is 24.2. The molecule has 0 saturated carbocycles. The molecule has 4 atom stereocenters. The molecule has 1 fully saturated rings. The van der Waals surface area contributed by atoms with Crippen molar-refractivity contribution in [1.82, 2.24) is 10.2 Å². The van der Waals surface area contributed by atoms with E-state index in [-0.39, 0.29) is 31.3 Å². The molecule has 41 heavy (non-hydrogen) atoms. The molecule has 1 heterocycles. The minimum Gasteiger partial charge on any atom is -0.445 e. The zero-order chi connectivity index (χ0) is 29.2. The van der Waals surface area contributed by atoms with Crippen molar-refractivity contribution in [2.45, 2.75) is 38.6 Å². The Hall–Kier alpha value is -3.75. The first-order valence-corrected chi connectivity index (χ1v) is 13.9. The summed E-state index contributed by atoms with van der Waals surface area (Å²) in [5.41, 5.74) is 5.94. The number of aliphatic hydroxyl groups is 1. The summed E-state index contributed by atoms with van der Waals surface area (Å²) >= 11 is 0. The van der Waals surface area contributed by atoms with Gasteiger partial charge in [-0.1, -0.05) is 92.4 Å². The second-order valence-electron chi connectivity index (χ2n) is 10.4. The van der Waals surface area contributed by atoms with Crippen LogP contribution in [0.25, 0.3) is 11.1 Å². The van der Waals surface area contributed by atoms with E-state index in [0.717, 1.165) is 46.5 Å². The van der Waals surface area contributed by atoms with E-state index in [1.54, 1.807) is 0 Å². The van der Waals surface area contributed by atoms with Crippen LogP contribution in [0.2, 0.25) is 0 Å². The molecular formula is C34H40N2O5. The molecule has 1 saturated heterocycles. The number of ether oxygens (including phenoxy) is 3. The monoisotopic (exact) mass is 556 g/mol. The summed E-state index contributed by atoms with van der Waals surface area (Å²) in [5.74, 6) is 0.114. The number of alkyl carbamates (subject to hydrolysis) is 1. The van der Waals surface area contributed by atoms with Crippen LogP contribution in [0.5, 0.6) is 0 Å². The molecule has 3 aromatic rings. The summed E-state index contributed by atoms with van der Waals surface area (Å²) in [4.78, 5) is 14.0. The fraction of sp³-hybridized carbons (Fsp3) is 0.324. The third-order valence-corrected chi connectivity index (χ3v) is 7.27. The summed E-state index contributed by atoms with van der Waals surface area (Å²) < 4.78 is 18.1. The van der Waals surface area contributed by atoms with Crippen LogP contribution in [0.15, 0.2) is 98.1 Å². The number of carbonyl (C=O) groups excluding carboxylic acids is 1. The first-order chi connectivity index (χ1) is 19.9. The Bertz CT molecular complexity index is 1290. The van der Waals surface area contributed by atoms with Gasteiger partial charge in [0.05, 0.1) is 18.8 Å². The smallest absolute Gasteiger partial charge is 0.407 e. The maximum Gasteiger partial charge on any atom is 0.407 e. The fourth-order valence-corrected chi connectivity index (χ4v) is 4.98. The van der Waals surface area contributed by atoms with Crippen molar-refractivity contribution in [2.24, 2.45) is 5.92 Å². The van der Waals surface area contributed by atoms with Crippen molar-refractivity contribution in [2.75, 3.05) is 26.7 Å². The Kier molecular flexibility index (Phi) is 10.9. The topological polar surface area (TPSA) is 80.3 Å². The molecule has 216 valence electrons. The summed E-state index contributed by atoms with van der Waals surface area (Å²) in [7, 11) is 2.07. The second-order valence-corrected chi connectivity index (χ2v) is 10.4. The van der Waals surface area contributed by atoms with Crippen molar-refractivity contribution < 1.29 is 24.1 Å². The molecular weight excluding hydrogens is 516 g/mol. The molecule has 0 aliphatic carbocycles. The van der Waals surface area contributed by atoms with E-state index in [2.05, 4.69) is 55.5 Å². The van der Waals surface area contributed by atoms with Gasteiger partial charge in [-0.3, -0.25) is 0 Å². The molecule has 1 aliphatic heterocycles. The van der Waals surface area contributed by atoms with E-state index in [4.69, 9.17) is 14.2 Å². The second kappa shape index (κ2) is 14.8. The third-order valence-electron chi connectivity index (χ3n) is 7.27. The molecule has 3 aromatic carbocycles. The van der Waals surface area contributed by atoms with E-state index in [1.165, 1.54) is 6.08 Å². The number of likely N-dealkylation sites (N-methyl/N-ethyl adjacent to an activating group) is 1. The highest BCUT2D eigenvalue weighted by Gasteiger charge is 2.38. The lowest BCUT2D eigenvalue weighted by molar-refractivity contribution is -0.275. The number of nitrogens with zero attached hydrogens (tertiary/aromatic N) is 1. The Balaban J connectivity index is 1.51. The number of hydrogen-bond acceptors (Lipinski definition) is 6. The molecule has 0 radical (unpaired) electrons. The highest BCUT2D eigenvalue weighted by molar-refractivity contribution is 5.68. The summed E-state index contributed by atoms with van der Waals surface area (Å²) in [6.45, 7) is 11.6. The molecule has 1 amide bonds. The van der Waals surface area contributed by atoms with Crippen LogP contribution in [0.4, 0.5) is 4.79 Å². The minimum absolute atomic E-state index is 0.0100. The van der Waals surface area contributed by atoms with Gasteiger partial charge in [0.2, 0.25) is 0 Å². The average molecular weight is 557 g/mol. The van der Waals surface area contributed by atoms with Gasteiger partial charge in [0.25, 0.3) is 0 Å². The first kappa shape index (κ1) is 30.2. The molecule has 7 heteroatoms. The van der Waals surface area contributed by atoms with Crippen LogP contribution >= 0.6 is 0 Å². The van der Waals surface area contributed by atoms with E-state index in [9.17, 15) is 9.90 Å². The van der Waals surface area contributed by atoms with Gasteiger partial charge in [0, 0.05) is 31.1 Å². The van der Waals surface area contributed by atoms with Crippen LogP contribution < -0.4 is 5.32 Å². The first-order valence-electron chi connectivity index (χ1n) is 13.9. The standard InChI is InChI=1S/C34H40N2O5/c1-5-18-36(4)22-31-24(3)32(28-12-10-25(23-37)11-13-28)41-33(40-31)29-16-14-27(15-17-29)30-9-7-8-26(20-30)21-35-34(38)39-19-6-2/h5-17,20,24,31-33,37H,1-2,18-19,21-23H2,3-4H3,(H,35,38)/t24-,31+,32+,33+/m0/s1. The quantitative estimate of drug-likeness (QED) is 0.260. The number of amides is 1. The molecule has 0 spiro atoms. The lowest BCUT2D eigenvalue weighted by atomic mass is 9.90. The summed E-state index contributed by atoms with van der Waals surface area (Å²) in [5, 5.41) is 12.2. The summed E-state index contributed by atoms with van der Waals surface area (Å²) in [6.07, 6.45) is 2.21. The molecule has 1 aliphatic rings. The van der Waals surface area contributed by atoms with Gasteiger partial charge >= 0.3 is 6.09 Å². The SMILES string of the molecule is C=CCOC(=O)NCc1cccc(-c2ccc([C@@H]3O[C@H](CN(C)CC=C)[C@H](C)[C@H](c4ccc(CO)cc4)O3)cc2)c1. The lowest BCUT2D eigenvalue weighted by Crippen LogP contribution is -2.43. The van der Waals surface area contributed by atoms with Crippen LogP contribution in [0.1, 0.15) is 41.6 Å². The molecule has 0 unspecified atom stereocenters. The minimum atomic E-state index is -0.526. The maximum absolute atomic E-state index is 11.8. The normalized spacial score (nSPS) is 20.4. The van der Waals surface area contributed by atoms with Gasteiger partial charge < -0.3 is 29.5 Å². The zero-order valence-corrected chi connectivity index (χ0v) is 23.9. The third kappa shape index (κ3) is 8.15. The van der Waals surface area contributed by atoms with Gasteiger partial charge in [-0.25, -0.2) is 4.79 Å². The van der Waals surface area contributed by atoms with Crippen LogP contribution in [0.3, 0.4) is 0 Å². The molecule has 7 nitrogen and oxygen atoms in total. The van der Waals surface area contributed by atoms with E-state index in [0.29, 0.717) is 6.54 Å². The van der Waals surface area contributed by atoms with Crippen LogP contribution in [-0.4, -0.2) is 48.9 Å². The molecule has 4 rings (SSSR count). The lowest BCUT2D eigenvalue weighted by Gasteiger charge is -2.42. The van der Waals surface area contributed by atoms with E-state index < -0.39 is 12.4 Å². The van der Waals surface area contributed by atoms with Crippen molar-refractivity contribution in [1.29, 1.82) is 0 Å². The van der Waals surface area contributed by atoms with Crippen molar-refractivity contribution in [3.8, 4) is 11.1 Å². The van der Waals surface area contributed by atoms with Gasteiger partial charge in [0.1, 0.15) is 6.61 Å². The van der Waals surface area contributed by atoms with Gasteiger partial charge in [-0.2, -0.15) is 0 Å². The van der Waals surface area contributed by atoms with Crippen LogP contribution in [0, 0.1) is 5.92 Å². The number of aliphatic hydroxyl groups excluding tert-OH is 1. The fourth-order valence-electron chi connectivity index (χ4n) is 4.98. The molecule has 0 aromatic heterocycles. The molecule has 0 bridgehead atoms. The average Bonchev–Trinajstić information content (AvgIpc) is 3.00. The van der Waals surface area contributed by atoms with Crippen molar-refractivity contribution >= 4 is 6.09 Å². The number of nitrogens with one attached hydrogen (secondary N) is 1. The Morgan fingerprint density at radius 3 is 2.39 bits per heavy atom. The molecule has 2 N–H and O–H groups in total. The predicted molar refractivity (Wildman–Crippen MR) is 161 cm³/mol. The number of rotatable bonds is 12.